The molecule has 1 unspecified atom stereocenters. The van der Waals surface area contributed by atoms with Gasteiger partial charge in [-0.15, -0.1) is 0 Å². The van der Waals surface area contributed by atoms with E-state index >= 15 is 0 Å². The van der Waals surface area contributed by atoms with Gasteiger partial charge in [0.2, 0.25) is 0 Å². The van der Waals surface area contributed by atoms with Gasteiger partial charge in [-0.2, -0.15) is 0 Å². The lowest BCUT2D eigenvalue weighted by atomic mass is 9.57. The summed E-state index contributed by atoms with van der Waals surface area (Å²) in [5.74, 6) is 0. The average molecular weight is 742 g/mol. The van der Waals surface area contributed by atoms with E-state index in [1.807, 2.05) is 0 Å². The van der Waals surface area contributed by atoms with Crippen LogP contribution in [0, 0.1) is 10.8 Å². The molecular formula is C49H57BrO. The highest BCUT2D eigenvalue weighted by Crippen LogP contribution is 2.57. The van der Waals surface area contributed by atoms with Gasteiger partial charge < -0.3 is 5.11 Å². The zero-order chi connectivity index (χ0) is 34.9. The van der Waals surface area contributed by atoms with Crippen LogP contribution in [0.5, 0.6) is 0 Å². The molecule has 4 aromatic carbocycles. The molecule has 2 heteroatoms. The van der Waals surface area contributed by atoms with E-state index in [2.05, 4.69) is 115 Å². The second kappa shape index (κ2) is 12.7. The summed E-state index contributed by atoms with van der Waals surface area (Å²) in [7, 11) is 0. The molecular weight excluding hydrogens is 684 g/mol. The maximum Gasteiger partial charge on any atom is 0.142 e. The monoisotopic (exact) mass is 740 g/mol. The van der Waals surface area contributed by atoms with Gasteiger partial charge >= 0.3 is 0 Å². The zero-order valence-electron chi connectivity index (χ0n) is 31.1. The first-order chi connectivity index (χ1) is 24.6. The third-order valence-corrected chi connectivity index (χ3v) is 16.1. The number of hydrogen-bond acceptors (Lipinski definition) is 1. The fourth-order valence-corrected chi connectivity index (χ4v) is 12.2. The summed E-state index contributed by atoms with van der Waals surface area (Å²) >= 11 is 3.78. The predicted octanol–water partition coefficient (Wildman–Crippen LogP) is 13.9. The van der Waals surface area contributed by atoms with Crippen molar-refractivity contribution in [2.24, 2.45) is 10.8 Å². The van der Waals surface area contributed by atoms with E-state index in [1.54, 1.807) is 0 Å². The molecule has 1 N–H and O–H groups in total. The number of aliphatic hydroxyl groups is 1. The van der Waals surface area contributed by atoms with E-state index in [0.717, 1.165) is 37.9 Å². The van der Waals surface area contributed by atoms with Gasteiger partial charge in [0.1, 0.15) is 5.60 Å². The van der Waals surface area contributed by atoms with Crippen molar-refractivity contribution in [2.45, 2.75) is 146 Å². The van der Waals surface area contributed by atoms with Crippen molar-refractivity contribution in [3.05, 3.63) is 117 Å². The van der Waals surface area contributed by atoms with Crippen molar-refractivity contribution in [1.82, 2.24) is 0 Å². The largest absolute Gasteiger partial charge is 0.376 e. The van der Waals surface area contributed by atoms with Crippen LogP contribution in [0.15, 0.2) is 89.4 Å². The predicted molar refractivity (Wildman–Crippen MR) is 216 cm³/mol. The molecule has 1 nitrogen and oxygen atoms in total. The van der Waals surface area contributed by atoms with Crippen LogP contribution in [0.1, 0.15) is 157 Å². The van der Waals surface area contributed by atoms with Crippen LogP contribution in [-0.2, 0) is 16.4 Å². The van der Waals surface area contributed by atoms with Gasteiger partial charge in [-0.05, 0) is 144 Å². The molecule has 0 radical (unpaired) electrons. The number of halogens is 1. The fraction of sp³-hybridized carbons (Fsp3) is 0.510. The highest BCUT2D eigenvalue weighted by atomic mass is 79.9. The number of rotatable bonds is 4. The summed E-state index contributed by atoms with van der Waals surface area (Å²) in [6, 6.07) is 31.8. The second-order valence-corrected chi connectivity index (χ2v) is 19.4. The molecule has 1 atom stereocenters. The zero-order valence-corrected chi connectivity index (χ0v) is 32.7. The molecule has 9 rings (SSSR count). The molecule has 5 aliphatic carbocycles. The molecule has 0 aliphatic heterocycles. The van der Waals surface area contributed by atoms with Crippen molar-refractivity contribution < 1.29 is 5.11 Å². The summed E-state index contributed by atoms with van der Waals surface area (Å²) in [4.78, 5) is 0. The summed E-state index contributed by atoms with van der Waals surface area (Å²) in [6.45, 7) is 5.03. The maximum absolute atomic E-state index is 13.4. The van der Waals surface area contributed by atoms with E-state index in [0.29, 0.717) is 10.8 Å². The third kappa shape index (κ3) is 5.72. The summed E-state index contributed by atoms with van der Waals surface area (Å²) in [6.07, 6.45) is 24.8. The molecule has 4 aromatic rings. The minimum atomic E-state index is -1.25. The quantitative estimate of drug-likeness (QED) is 0.221. The molecule has 0 aromatic heterocycles. The number of benzene rings is 4. The molecule has 266 valence electrons. The van der Waals surface area contributed by atoms with E-state index in [4.69, 9.17) is 0 Å². The minimum Gasteiger partial charge on any atom is -0.376 e. The Morgan fingerprint density at radius 1 is 0.451 bits per heavy atom. The first kappa shape index (κ1) is 34.1. The van der Waals surface area contributed by atoms with Crippen LogP contribution in [-0.4, -0.2) is 5.11 Å². The van der Waals surface area contributed by atoms with Crippen LogP contribution < -0.4 is 0 Å². The van der Waals surface area contributed by atoms with Crippen LogP contribution in [0.2, 0.25) is 0 Å². The van der Waals surface area contributed by atoms with E-state index in [9.17, 15) is 5.11 Å². The Bertz CT molecular complexity index is 1900. The SMILES string of the molecule is CC1(c2ccc(-c3ccc(C4(C)CCC5(CCCCC5)CC4)cc3C3(O)c4ccccc4-c4ccc(Br)cc43)cc2)CCC2(CCCCC2)CC1. The van der Waals surface area contributed by atoms with Crippen LogP contribution in [0.4, 0.5) is 0 Å². The van der Waals surface area contributed by atoms with Crippen LogP contribution in [0.3, 0.4) is 0 Å². The smallest absolute Gasteiger partial charge is 0.142 e. The Hall–Kier alpha value is -2.68. The van der Waals surface area contributed by atoms with E-state index < -0.39 is 5.60 Å². The Morgan fingerprint density at radius 2 is 0.941 bits per heavy atom. The van der Waals surface area contributed by atoms with Gasteiger partial charge in [-0.1, -0.05) is 141 Å². The molecule has 51 heavy (non-hydrogen) atoms. The van der Waals surface area contributed by atoms with Crippen molar-refractivity contribution in [3.8, 4) is 22.3 Å². The average Bonchev–Trinajstić information content (AvgIpc) is 3.43. The Morgan fingerprint density at radius 3 is 1.55 bits per heavy atom. The van der Waals surface area contributed by atoms with Gasteiger partial charge in [0.15, 0.2) is 0 Å². The van der Waals surface area contributed by atoms with Crippen LogP contribution >= 0.6 is 15.9 Å². The molecule has 4 fully saturated rings. The molecule has 4 saturated carbocycles. The van der Waals surface area contributed by atoms with Gasteiger partial charge in [0.25, 0.3) is 0 Å². The van der Waals surface area contributed by atoms with Crippen molar-refractivity contribution in [3.63, 3.8) is 0 Å². The molecule has 2 spiro atoms. The minimum absolute atomic E-state index is 0.111. The van der Waals surface area contributed by atoms with Gasteiger partial charge in [-0.3, -0.25) is 0 Å². The summed E-state index contributed by atoms with van der Waals surface area (Å²) in [5, 5.41) is 13.4. The topological polar surface area (TPSA) is 20.2 Å². The molecule has 5 aliphatic rings. The van der Waals surface area contributed by atoms with Crippen molar-refractivity contribution in [1.29, 1.82) is 0 Å². The molecule has 0 bridgehead atoms. The van der Waals surface area contributed by atoms with Gasteiger partial charge in [0.05, 0.1) is 0 Å². The first-order valence-corrected chi connectivity index (χ1v) is 21.3. The standard InChI is InChI=1S/C49H57BrO/c1-45(25-29-47(30-26-45)21-7-3-8-22-47)36-15-13-35(14-16-36)39-19-17-37(46(2)27-31-48(32-28-46)23-9-4-10-24-48)33-43(39)49(51)42-12-6-5-11-40(42)41-20-18-38(50)34-44(41)49/h5-6,11-20,33-34,51H,3-4,7-10,21-32H2,1-2H3. The fourth-order valence-electron chi connectivity index (χ4n) is 11.9. The Labute approximate surface area is 315 Å². The normalized spacial score (nSPS) is 27.6. The van der Waals surface area contributed by atoms with Crippen LogP contribution in [0.25, 0.3) is 22.3 Å². The highest BCUT2D eigenvalue weighted by molar-refractivity contribution is 9.10. The maximum atomic E-state index is 13.4. The number of fused-ring (bicyclic) bond motifs is 3. The van der Waals surface area contributed by atoms with Gasteiger partial charge in [0, 0.05) is 21.2 Å². The van der Waals surface area contributed by atoms with Crippen molar-refractivity contribution in [2.75, 3.05) is 0 Å². The molecule has 0 heterocycles. The summed E-state index contributed by atoms with van der Waals surface area (Å²) < 4.78 is 1.00. The van der Waals surface area contributed by atoms with E-state index in [1.165, 1.54) is 132 Å². The lowest BCUT2D eigenvalue weighted by molar-refractivity contribution is 0.0872. The Balaban J connectivity index is 1.12. The van der Waals surface area contributed by atoms with Gasteiger partial charge in [-0.25, -0.2) is 0 Å². The lowest BCUT2D eigenvalue weighted by Gasteiger charge is -2.47. The number of hydrogen-bond donors (Lipinski definition) is 1. The van der Waals surface area contributed by atoms with Crippen molar-refractivity contribution >= 4 is 15.9 Å². The molecule has 0 amide bonds. The second-order valence-electron chi connectivity index (χ2n) is 18.5. The molecule has 0 saturated heterocycles. The summed E-state index contributed by atoms with van der Waals surface area (Å²) in [5.41, 5.74) is 10.8. The Kier molecular flexibility index (Phi) is 8.51. The lowest BCUT2D eigenvalue weighted by Crippen LogP contribution is -2.37. The third-order valence-electron chi connectivity index (χ3n) is 15.6. The first-order valence-electron chi connectivity index (χ1n) is 20.5. The van der Waals surface area contributed by atoms with E-state index in [-0.39, 0.29) is 10.8 Å². The highest BCUT2D eigenvalue weighted by Gasteiger charge is 2.47.